The second kappa shape index (κ2) is 7.11. The Bertz CT molecular complexity index is 735. The predicted octanol–water partition coefficient (Wildman–Crippen LogP) is 0.313. The largest absolute Gasteiger partial charge is 0.481 e. The van der Waals surface area contributed by atoms with Crippen LogP contribution in [0.4, 0.5) is 4.79 Å². The number of carbonyl (C=O) groups is 3. The maximum absolute atomic E-state index is 12.4. The van der Waals surface area contributed by atoms with E-state index in [1.807, 2.05) is 0 Å². The molecule has 0 bridgehead atoms. The summed E-state index contributed by atoms with van der Waals surface area (Å²) in [4.78, 5) is 38.4. The summed E-state index contributed by atoms with van der Waals surface area (Å²) in [5, 5.41) is 12.1. The summed E-state index contributed by atoms with van der Waals surface area (Å²) in [5.41, 5.74) is 0.786. The van der Waals surface area contributed by atoms with Crippen molar-refractivity contribution < 1.29 is 29.0 Å². The molecule has 0 saturated carbocycles. The molecular formula is C17H21N3O6. The summed E-state index contributed by atoms with van der Waals surface area (Å²) in [6.45, 7) is 0.345. The molecule has 9 heteroatoms. The van der Waals surface area contributed by atoms with E-state index in [-0.39, 0.29) is 44.3 Å². The Hall–Kier alpha value is -2.97. The van der Waals surface area contributed by atoms with E-state index in [2.05, 4.69) is 5.32 Å². The van der Waals surface area contributed by atoms with Crippen LogP contribution in [0.25, 0.3) is 0 Å². The van der Waals surface area contributed by atoms with Gasteiger partial charge in [-0.3, -0.25) is 9.59 Å². The van der Waals surface area contributed by atoms with Gasteiger partial charge in [-0.05, 0) is 17.7 Å². The summed E-state index contributed by atoms with van der Waals surface area (Å²) < 4.78 is 10.6. The highest BCUT2D eigenvalue weighted by Gasteiger charge is 2.40. The van der Waals surface area contributed by atoms with E-state index in [0.29, 0.717) is 11.5 Å². The molecule has 1 aromatic carbocycles. The third-order valence-electron chi connectivity index (χ3n) is 4.61. The molecule has 2 aliphatic rings. The summed E-state index contributed by atoms with van der Waals surface area (Å²) in [5.74, 6) is -1.14. The van der Waals surface area contributed by atoms with Crippen LogP contribution in [0.2, 0.25) is 0 Å². The molecule has 0 unspecified atom stereocenters. The Morgan fingerprint density at radius 1 is 1.23 bits per heavy atom. The molecule has 3 rings (SSSR count). The number of hydrogen-bond acceptors (Lipinski definition) is 5. The summed E-state index contributed by atoms with van der Waals surface area (Å²) >= 11 is 0. The molecule has 2 atom stereocenters. The highest BCUT2D eigenvalue weighted by Crippen LogP contribution is 2.39. The lowest BCUT2D eigenvalue weighted by Crippen LogP contribution is -2.42. The van der Waals surface area contributed by atoms with Crippen LogP contribution in [-0.2, 0) is 9.59 Å². The maximum atomic E-state index is 12.4. The number of amides is 3. The van der Waals surface area contributed by atoms with E-state index in [9.17, 15) is 19.5 Å². The number of ether oxygens (including phenoxy) is 2. The molecule has 3 amide bonds. The first-order chi connectivity index (χ1) is 12.4. The van der Waals surface area contributed by atoms with E-state index in [1.165, 1.54) is 9.80 Å². The van der Waals surface area contributed by atoms with Crippen LogP contribution < -0.4 is 14.8 Å². The van der Waals surface area contributed by atoms with Gasteiger partial charge in [-0.15, -0.1) is 0 Å². The number of fused-ring (bicyclic) bond motifs is 1. The zero-order valence-electron chi connectivity index (χ0n) is 14.6. The van der Waals surface area contributed by atoms with Gasteiger partial charge in [0.05, 0.1) is 12.5 Å². The van der Waals surface area contributed by atoms with Gasteiger partial charge in [0.2, 0.25) is 12.7 Å². The highest BCUT2D eigenvalue weighted by atomic mass is 16.7. The van der Waals surface area contributed by atoms with Crippen molar-refractivity contribution in [1.29, 1.82) is 0 Å². The smallest absolute Gasteiger partial charge is 0.317 e. The van der Waals surface area contributed by atoms with Crippen molar-refractivity contribution in [2.75, 3.05) is 40.5 Å². The van der Waals surface area contributed by atoms with Crippen LogP contribution in [0, 0.1) is 5.92 Å². The van der Waals surface area contributed by atoms with Crippen molar-refractivity contribution >= 4 is 17.9 Å². The number of urea groups is 1. The number of hydrogen-bond donors (Lipinski definition) is 2. The molecular weight excluding hydrogens is 342 g/mol. The zero-order chi connectivity index (χ0) is 18.8. The van der Waals surface area contributed by atoms with E-state index in [0.717, 1.165) is 5.56 Å². The zero-order valence-corrected chi connectivity index (χ0v) is 14.6. The van der Waals surface area contributed by atoms with E-state index < -0.39 is 11.9 Å². The van der Waals surface area contributed by atoms with Gasteiger partial charge < -0.3 is 29.7 Å². The van der Waals surface area contributed by atoms with Crippen molar-refractivity contribution in [2.24, 2.45) is 5.92 Å². The van der Waals surface area contributed by atoms with Crippen LogP contribution in [0.5, 0.6) is 11.5 Å². The number of carboxylic acid groups (broad SMARTS) is 1. The average Bonchev–Trinajstić information content (AvgIpc) is 3.25. The highest BCUT2D eigenvalue weighted by molar-refractivity contribution is 5.85. The van der Waals surface area contributed by atoms with Gasteiger partial charge in [0, 0.05) is 33.1 Å². The van der Waals surface area contributed by atoms with Crippen LogP contribution in [0.1, 0.15) is 11.5 Å². The fourth-order valence-corrected chi connectivity index (χ4v) is 3.16. The number of carboxylic acids is 1. The molecule has 140 valence electrons. The lowest BCUT2D eigenvalue weighted by Gasteiger charge is -2.18. The molecule has 2 heterocycles. The summed E-state index contributed by atoms with van der Waals surface area (Å²) in [6, 6.07) is 4.94. The van der Waals surface area contributed by atoms with E-state index >= 15 is 0 Å². The molecule has 1 saturated heterocycles. The third kappa shape index (κ3) is 3.51. The van der Waals surface area contributed by atoms with Crippen LogP contribution in [0.15, 0.2) is 18.2 Å². The van der Waals surface area contributed by atoms with Gasteiger partial charge in [0.25, 0.3) is 0 Å². The van der Waals surface area contributed by atoms with Crippen molar-refractivity contribution in [1.82, 2.24) is 15.1 Å². The summed E-state index contributed by atoms with van der Waals surface area (Å²) in [6.07, 6.45) is 0. The molecule has 0 aromatic heterocycles. The Balaban J connectivity index is 1.71. The van der Waals surface area contributed by atoms with Gasteiger partial charge >= 0.3 is 12.0 Å². The Morgan fingerprint density at radius 2 is 1.96 bits per heavy atom. The van der Waals surface area contributed by atoms with E-state index in [1.54, 1.807) is 32.3 Å². The first-order valence-electron chi connectivity index (χ1n) is 8.22. The topological polar surface area (TPSA) is 108 Å². The molecule has 2 N–H and O–H groups in total. The number of aliphatic carboxylic acids is 1. The number of likely N-dealkylation sites (tertiary alicyclic amines) is 1. The van der Waals surface area contributed by atoms with Crippen molar-refractivity contribution in [3.8, 4) is 11.5 Å². The molecule has 0 radical (unpaired) electrons. The number of nitrogens with one attached hydrogen (secondary N) is 1. The Labute approximate surface area is 150 Å². The van der Waals surface area contributed by atoms with Gasteiger partial charge in [0.15, 0.2) is 11.5 Å². The third-order valence-corrected chi connectivity index (χ3v) is 4.61. The van der Waals surface area contributed by atoms with Gasteiger partial charge in [0.1, 0.15) is 0 Å². The lowest BCUT2D eigenvalue weighted by molar-refractivity contribution is -0.141. The first-order valence-corrected chi connectivity index (χ1v) is 8.22. The predicted molar refractivity (Wildman–Crippen MR) is 90.1 cm³/mol. The Morgan fingerprint density at radius 3 is 2.65 bits per heavy atom. The number of carbonyl (C=O) groups excluding carboxylic acids is 2. The minimum Gasteiger partial charge on any atom is -0.481 e. The van der Waals surface area contributed by atoms with Crippen LogP contribution in [0.3, 0.4) is 0 Å². The number of nitrogens with zero attached hydrogens (tertiary/aromatic N) is 2. The van der Waals surface area contributed by atoms with Crippen molar-refractivity contribution in [3.63, 3.8) is 0 Å². The van der Waals surface area contributed by atoms with Crippen LogP contribution in [-0.4, -0.2) is 73.3 Å². The van der Waals surface area contributed by atoms with E-state index in [4.69, 9.17) is 9.47 Å². The second-order valence-electron chi connectivity index (χ2n) is 6.52. The van der Waals surface area contributed by atoms with Crippen molar-refractivity contribution in [3.05, 3.63) is 23.8 Å². The standard InChI is InChI=1S/C17H21N3O6/c1-19(2)17(24)18-6-15(21)20-7-11(12(8-20)16(22)23)10-3-4-13-14(5-10)26-9-25-13/h3-5,11-12H,6-9H2,1-2H3,(H,18,24)(H,22,23)/t11-,12+/m0/s1. The number of rotatable bonds is 4. The van der Waals surface area contributed by atoms with Gasteiger partial charge in [-0.1, -0.05) is 6.07 Å². The second-order valence-corrected chi connectivity index (χ2v) is 6.52. The van der Waals surface area contributed by atoms with Crippen molar-refractivity contribution in [2.45, 2.75) is 5.92 Å². The van der Waals surface area contributed by atoms with Crippen LogP contribution >= 0.6 is 0 Å². The molecule has 26 heavy (non-hydrogen) atoms. The first kappa shape index (κ1) is 17.8. The molecule has 1 aromatic rings. The average molecular weight is 363 g/mol. The number of benzene rings is 1. The molecule has 9 nitrogen and oxygen atoms in total. The maximum Gasteiger partial charge on any atom is 0.317 e. The minimum absolute atomic E-state index is 0.102. The SMILES string of the molecule is CN(C)C(=O)NCC(=O)N1C[C@@H](C(=O)O)[C@H](c2ccc3c(c2)OCO3)C1. The fraction of sp³-hybridized carbons (Fsp3) is 0.471. The molecule has 1 fully saturated rings. The monoisotopic (exact) mass is 363 g/mol. The van der Waals surface area contributed by atoms with Gasteiger partial charge in [-0.2, -0.15) is 0 Å². The normalized spacial score (nSPS) is 20.8. The minimum atomic E-state index is -0.958. The molecule has 0 spiro atoms. The Kier molecular flexibility index (Phi) is 4.88. The molecule has 0 aliphatic carbocycles. The van der Waals surface area contributed by atoms with Gasteiger partial charge in [-0.25, -0.2) is 4.79 Å². The quantitative estimate of drug-likeness (QED) is 0.797. The lowest BCUT2D eigenvalue weighted by atomic mass is 9.89. The fourth-order valence-electron chi connectivity index (χ4n) is 3.16. The molecule has 2 aliphatic heterocycles. The summed E-state index contributed by atoms with van der Waals surface area (Å²) in [7, 11) is 3.15.